The highest BCUT2D eigenvalue weighted by Crippen LogP contribution is 2.20. The second-order valence-electron chi connectivity index (χ2n) is 4.72. The van der Waals surface area contributed by atoms with Gasteiger partial charge in [-0.1, -0.05) is 6.07 Å². The number of rotatable bonds is 4. The third-order valence-electron chi connectivity index (χ3n) is 3.23. The van der Waals surface area contributed by atoms with Gasteiger partial charge in [0.15, 0.2) is 0 Å². The molecule has 0 aromatic heterocycles. The Hall–Kier alpha value is -0.380. The van der Waals surface area contributed by atoms with Gasteiger partial charge in [0.25, 0.3) is 0 Å². The minimum Gasteiger partial charge on any atom is -0.330 e. The normalized spacial score (nSPS) is 21.3. The van der Waals surface area contributed by atoms with Crippen molar-refractivity contribution in [3.8, 4) is 0 Å². The molecule has 2 rings (SSSR count). The molecule has 0 aliphatic carbocycles. The van der Waals surface area contributed by atoms with Crippen LogP contribution in [0.25, 0.3) is 0 Å². The van der Waals surface area contributed by atoms with E-state index in [0.29, 0.717) is 25.3 Å². The lowest BCUT2D eigenvalue weighted by Crippen LogP contribution is -2.44. The van der Waals surface area contributed by atoms with Crippen molar-refractivity contribution in [1.82, 2.24) is 4.31 Å². The molecular formula is C12H18IN3O2S. The molecule has 1 aliphatic heterocycles. The molecule has 0 saturated carbocycles. The molecule has 1 unspecified atom stereocenters. The van der Waals surface area contributed by atoms with Gasteiger partial charge in [0.1, 0.15) is 0 Å². The summed E-state index contributed by atoms with van der Waals surface area (Å²) >= 11 is 2.16. The summed E-state index contributed by atoms with van der Waals surface area (Å²) in [5.41, 5.74) is 6.24. The highest BCUT2D eigenvalue weighted by Gasteiger charge is 2.28. The van der Waals surface area contributed by atoms with Crippen LogP contribution in [0.1, 0.15) is 12.8 Å². The highest BCUT2D eigenvalue weighted by atomic mass is 127. The molecule has 1 aromatic rings. The van der Waals surface area contributed by atoms with Crippen LogP contribution in [-0.4, -0.2) is 32.4 Å². The molecule has 0 amide bonds. The first-order chi connectivity index (χ1) is 9.01. The van der Waals surface area contributed by atoms with E-state index in [0.717, 1.165) is 16.4 Å². The van der Waals surface area contributed by atoms with Crippen LogP contribution in [0, 0.1) is 9.49 Å². The molecule has 0 spiro atoms. The number of nitrogens with one attached hydrogen (secondary N) is 1. The molecule has 1 fully saturated rings. The second kappa shape index (κ2) is 6.38. The van der Waals surface area contributed by atoms with Crippen molar-refractivity contribution in [2.75, 3.05) is 24.4 Å². The van der Waals surface area contributed by atoms with Crippen molar-refractivity contribution in [1.29, 1.82) is 0 Å². The molecule has 5 nitrogen and oxygen atoms in total. The number of benzene rings is 1. The van der Waals surface area contributed by atoms with Gasteiger partial charge < -0.3 is 5.73 Å². The van der Waals surface area contributed by atoms with Gasteiger partial charge in [0, 0.05) is 16.7 Å². The van der Waals surface area contributed by atoms with E-state index in [1.165, 1.54) is 4.31 Å². The zero-order valence-electron chi connectivity index (χ0n) is 10.5. The standard InChI is InChI=1S/C12H18IN3O2S/c13-11-4-1-5-12(7-11)15-19(17,18)16-6-2-3-10(8-14)9-16/h1,4-5,7,10,15H,2-3,6,8-9,14H2. The van der Waals surface area contributed by atoms with E-state index in [1.807, 2.05) is 18.2 Å². The van der Waals surface area contributed by atoms with E-state index in [1.54, 1.807) is 6.07 Å². The summed E-state index contributed by atoms with van der Waals surface area (Å²) in [5, 5.41) is 0. The van der Waals surface area contributed by atoms with Crippen molar-refractivity contribution in [2.45, 2.75) is 12.8 Å². The van der Waals surface area contributed by atoms with E-state index in [9.17, 15) is 8.42 Å². The number of halogens is 1. The summed E-state index contributed by atoms with van der Waals surface area (Å²) in [7, 11) is -3.47. The Kier molecular flexibility index (Phi) is 5.04. The van der Waals surface area contributed by atoms with Gasteiger partial charge >= 0.3 is 10.2 Å². The SMILES string of the molecule is NCC1CCCN(S(=O)(=O)Nc2cccc(I)c2)C1. The number of nitrogens with zero attached hydrogens (tertiary/aromatic N) is 1. The van der Waals surface area contributed by atoms with Crippen molar-refractivity contribution in [3.05, 3.63) is 27.8 Å². The number of hydrogen-bond acceptors (Lipinski definition) is 3. The summed E-state index contributed by atoms with van der Waals surface area (Å²) < 4.78 is 29.7. The van der Waals surface area contributed by atoms with E-state index in [2.05, 4.69) is 27.3 Å². The van der Waals surface area contributed by atoms with Crippen LogP contribution >= 0.6 is 22.6 Å². The monoisotopic (exact) mass is 395 g/mol. The fourth-order valence-electron chi connectivity index (χ4n) is 2.20. The van der Waals surface area contributed by atoms with Gasteiger partial charge in [0.05, 0.1) is 5.69 Å². The lowest BCUT2D eigenvalue weighted by Gasteiger charge is -2.31. The molecule has 106 valence electrons. The van der Waals surface area contributed by atoms with Gasteiger partial charge in [-0.25, -0.2) is 0 Å². The predicted molar refractivity (Wildman–Crippen MR) is 85.1 cm³/mol. The first-order valence-corrected chi connectivity index (χ1v) is 8.76. The van der Waals surface area contributed by atoms with Gasteiger partial charge in [-0.15, -0.1) is 0 Å². The lowest BCUT2D eigenvalue weighted by molar-refractivity contribution is 0.273. The molecule has 19 heavy (non-hydrogen) atoms. The summed E-state index contributed by atoms with van der Waals surface area (Å²) in [6, 6.07) is 7.31. The van der Waals surface area contributed by atoms with Crippen LogP contribution in [-0.2, 0) is 10.2 Å². The molecule has 1 aliphatic rings. The topological polar surface area (TPSA) is 75.4 Å². The third-order valence-corrected chi connectivity index (χ3v) is 5.40. The van der Waals surface area contributed by atoms with Crippen molar-refractivity contribution in [2.24, 2.45) is 11.7 Å². The summed E-state index contributed by atoms with van der Waals surface area (Å²) in [4.78, 5) is 0. The number of hydrogen-bond donors (Lipinski definition) is 2. The number of anilines is 1. The molecule has 1 atom stereocenters. The van der Waals surface area contributed by atoms with Crippen LogP contribution in [0.5, 0.6) is 0 Å². The maximum absolute atomic E-state index is 12.3. The molecule has 7 heteroatoms. The Morgan fingerprint density at radius 3 is 2.95 bits per heavy atom. The largest absolute Gasteiger partial charge is 0.330 e. The first kappa shape index (κ1) is 15.0. The maximum atomic E-state index is 12.3. The van der Waals surface area contributed by atoms with Crippen LogP contribution in [0.4, 0.5) is 5.69 Å². The Bertz CT molecular complexity index is 536. The zero-order valence-corrected chi connectivity index (χ0v) is 13.5. The minimum absolute atomic E-state index is 0.265. The first-order valence-electron chi connectivity index (χ1n) is 6.25. The molecule has 1 aromatic carbocycles. The van der Waals surface area contributed by atoms with Gasteiger partial charge in [0.2, 0.25) is 0 Å². The summed E-state index contributed by atoms with van der Waals surface area (Å²) in [6.45, 7) is 1.61. The molecular weight excluding hydrogens is 377 g/mol. The Morgan fingerprint density at radius 1 is 1.47 bits per heavy atom. The number of nitrogens with two attached hydrogens (primary N) is 1. The molecule has 1 heterocycles. The maximum Gasteiger partial charge on any atom is 0.301 e. The Labute approximate surface area is 127 Å². The lowest BCUT2D eigenvalue weighted by atomic mass is 10.0. The molecule has 0 bridgehead atoms. The van der Waals surface area contributed by atoms with Crippen molar-refractivity contribution < 1.29 is 8.42 Å². The van der Waals surface area contributed by atoms with Crippen LogP contribution in [0.3, 0.4) is 0 Å². The number of piperidine rings is 1. The zero-order chi connectivity index (χ0) is 13.9. The van der Waals surface area contributed by atoms with E-state index < -0.39 is 10.2 Å². The molecule has 0 radical (unpaired) electrons. The van der Waals surface area contributed by atoms with Gasteiger partial charge in [-0.2, -0.15) is 12.7 Å². The average Bonchev–Trinajstić information content (AvgIpc) is 2.38. The van der Waals surface area contributed by atoms with Gasteiger partial charge in [-0.05, 0) is 66.1 Å². The minimum atomic E-state index is -3.47. The van der Waals surface area contributed by atoms with Crippen molar-refractivity contribution >= 4 is 38.5 Å². The fraction of sp³-hybridized carbons (Fsp3) is 0.500. The summed E-state index contributed by atoms with van der Waals surface area (Å²) in [6.07, 6.45) is 1.88. The average molecular weight is 395 g/mol. The second-order valence-corrected chi connectivity index (χ2v) is 7.64. The molecule has 3 N–H and O–H groups in total. The van der Waals surface area contributed by atoms with E-state index >= 15 is 0 Å². The smallest absolute Gasteiger partial charge is 0.301 e. The molecule has 1 saturated heterocycles. The quantitative estimate of drug-likeness (QED) is 0.761. The van der Waals surface area contributed by atoms with E-state index in [4.69, 9.17) is 5.73 Å². The van der Waals surface area contributed by atoms with Crippen molar-refractivity contribution in [3.63, 3.8) is 0 Å². The predicted octanol–water partition coefficient (Wildman–Crippen LogP) is 1.62. The van der Waals surface area contributed by atoms with Crippen LogP contribution in [0.15, 0.2) is 24.3 Å². The Morgan fingerprint density at radius 2 is 2.26 bits per heavy atom. The fourth-order valence-corrected chi connectivity index (χ4v) is 4.08. The van der Waals surface area contributed by atoms with Crippen LogP contribution in [0.2, 0.25) is 0 Å². The highest BCUT2D eigenvalue weighted by molar-refractivity contribution is 14.1. The Balaban J connectivity index is 2.09. The third kappa shape index (κ3) is 4.04. The summed E-state index contributed by atoms with van der Waals surface area (Å²) in [5.74, 6) is 0.265. The van der Waals surface area contributed by atoms with Crippen LogP contribution < -0.4 is 10.5 Å². The van der Waals surface area contributed by atoms with E-state index in [-0.39, 0.29) is 5.92 Å². The van der Waals surface area contributed by atoms with Gasteiger partial charge in [-0.3, -0.25) is 4.72 Å².